The Labute approximate surface area is 97.2 Å². The van der Waals surface area contributed by atoms with Gasteiger partial charge in [0.25, 0.3) is 0 Å². The van der Waals surface area contributed by atoms with Gasteiger partial charge in [0.05, 0.1) is 6.10 Å². The van der Waals surface area contributed by atoms with Crippen molar-refractivity contribution in [3.8, 4) is 0 Å². The van der Waals surface area contributed by atoms with E-state index in [1.165, 1.54) is 24.2 Å². The van der Waals surface area contributed by atoms with Crippen LogP contribution >= 0.6 is 11.8 Å². The van der Waals surface area contributed by atoms with Gasteiger partial charge in [0.1, 0.15) is 5.03 Å². The van der Waals surface area contributed by atoms with Crippen LogP contribution in [0.1, 0.15) is 23.3 Å². The van der Waals surface area contributed by atoms with Crippen molar-refractivity contribution < 1.29 is 14.6 Å². The topological polar surface area (TPSA) is 72.3 Å². The van der Waals surface area contributed by atoms with Crippen molar-refractivity contribution in [2.45, 2.75) is 24.0 Å². The summed E-state index contributed by atoms with van der Waals surface area (Å²) in [6.07, 6.45) is 5.23. The first-order chi connectivity index (χ1) is 7.77. The predicted molar refractivity (Wildman–Crippen MR) is 58.7 cm³/mol. The Morgan fingerprint density at radius 2 is 2.38 bits per heavy atom. The van der Waals surface area contributed by atoms with Crippen LogP contribution in [0.2, 0.25) is 0 Å². The van der Waals surface area contributed by atoms with E-state index in [2.05, 4.69) is 9.97 Å². The number of nitrogens with zero attached hydrogens (tertiary/aromatic N) is 2. The average Bonchev–Trinajstić information content (AvgIpc) is 2.79. The molecule has 2 heterocycles. The summed E-state index contributed by atoms with van der Waals surface area (Å²) in [5, 5.41) is 9.37. The van der Waals surface area contributed by atoms with Crippen molar-refractivity contribution in [2.24, 2.45) is 0 Å². The standard InChI is InChI=1S/C10H12N2O3S/c13-10(14)8-9(12-4-3-11-8)16-6-7-2-1-5-15-7/h3-4,7H,1-2,5-6H2,(H,13,14). The zero-order chi connectivity index (χ0) is 11.4. The van der Waals surface area contributed by atoms with Crippen molar-refractivity contribution in [3.05, 3.63) is 18.1 Å². The molecule has 16 heavy (non-hydrogen) atoms. The zero-order valence-electron chi connectivity index (χ0n) is 8.63. The molecule has 86 valence electrons. The van der Waals surface area contributed by atoms with Gasteiger partial charge in [-0.3, -0.25) is 0 Å². The fourth-order valence-electron chi connectivity index (χ4n) is 1.53. The molecule has 1 aliphatic heterocycles. The molecule has 1 aliphatic rings. The highest BCUT2D eigenvalue weighted by molar-refractivity contribution is 7.99. The highest BCUT2D eigenvalue weighted by Gasteiger charge is 2.18. The molecule has 1 atom stereocenters. The zero-order valence-corrected chi connectivity index (χ0v) is 9.44. The molecule has 1 aromatic rings. The lowest BCUT2D eigenvalue weighted by atomic mass is 10.3. The molecule has 0 aliphatic carbocycles. The molecule has 1 unspecified atom stereocenters. The maximum Gasteiger partial charge on any atom is 0.357 e. The van der Waals surface area contributed by atoms with Crippen LogP contribution in [0.5, 0.6) is 0 Å². The van der Waals surface area contributed by atoms with E-state index >= 15 is 0 Å². The second kappa shape index (κ2) is 5.27. The van der Waals surface area contributed by atoms with Gasteiger partial charge >= 0.3 is 5.97 Å². The van der Waals surface area contributed by atoms with Crippen LogP contribution in [-0.4, -0.2) is 39.5 Å². The van der Waals surface area contributed by atoms with Crippen LogP contribution in [0.15, 0.2) is 17.4 Å². The third kappa shape index (κ3) is 2.70. The van der Waals surface area contributed by atoms with Gasteiger partial charge in [-0.2, -0.15) is 0 Å². The molecule has 1 saturated heterocycles. The summed E-state index contributed by atoms with van der Waals surface area (Å²) < 4.78 is 5.46. The van der Waals surface area contributed by atoms with Crippen LogP contribution in [0.4, 0.5) is 0 Å². The molecule has 1 fully saturated rings. The minimum Gasteiger partial charge on any atom is -0.476 e. The Morgan fingerprint density at radius 1 is 1.56 bits per heavy atom. The molecule has 5 nitrogen and oxygen atoms in total. The molecule has 1 N–H and O–H groups in total. The first-order valence-electron chi connectivity index (χ1n) is 5.06. The first kappa shape index (κ1) is 11.3. The highest BCUT2D eigenvalue weighted by Crippen LogP contribution is 2.23. The molecule has 0 radical (unpaired) electrons. The van der Waals surface area contributed by atoms with Gasteiger partial charge in [0.15, 0.2) is 5.69 Å². The molecule has 0 saturated carbocycles. The summed E-state index contributed by atoms with van der Waals surface area (Å²) >= 11 is 1.39. The van der Waals surface area contributed by atoms with E-state index in [1.54, 1.807) is 0 Å². The summed E-state index contributed by atoms with van der Waals surface area (Å²) in [6, 6.07) is 0. The number of aromatic nitrogens is 2. The number of thioether (sulfide) groups is 1. The summed E-state index contributed by atoms with van der Waals surface area (Å²) in [4.78, 5) is 18.7. The van der Waals surface area contributed by atoms with Crippen LogP contribution in [0.3, 0.4) is 0 Å². The van der Waals surface area contributed by atoms with Gasteiger partial charge < -0.3 is 9.84 Å². The van der Waals surface area contributed by atoms with E-state index in [-0.39, 0.29) is 11.8 Å². The Hall–Kier alpha value is -1.14. The quantitative estimate of drug-likeness (QED) is 0.803. The van der Waals surface area contributed by atoms with Crippen molar-refractivity contribution in [1.82, 2.24) is 9.97 Å². The lowest BCUT2D eigenvalue weighted by molar-refractivity contribution is 0.0685. The monoisotopic (exact) mass is 240 g/mol. The second-order valence-corrected chi connectivity index (χ2v) is 4.47. The van der Waals surface area contributed by atoms with Crippen molar-refractivity contribution in [3.63, 3.8) is 0 Å². The molecule has 0 spiro atoms. The van der Waals surface area contributed by atoms with E-state index in [0.717, 1.165) is 25.2 Å². The van der Waals surface area contributed by atoms with Crippen LogP contribution in [-0.2, 0) is 4.74 Å². The smallest absolute Gasteiger partial charge is 0.357 e. The second-order valence-electron chi connectivity index (χ2n) is 3.46. The number of hydrogen-bond acceptors (Lipinski definition) is 5. The van der Waals surface area contributed by atoms with E-state index in [9.17, 15) is 4.79 Å². The van der Waals surface area contributed by atoms with E-state index in [4.69, 9.17) is 9.84 Å². The number of ether oxygens (including phenoxy) is 1. The summed E-state index contributed by atoms with van der Waals surface area (Å²) in [5.74, 6) is -0.304. The molecule has 0 bridgehead atoms. The fraction of sp³-hybridized carbons (Fsp3) is 0.500. The maximum absolute atomic E-state index is 10.9. The predicted octanol–water partition coefficient (Wildman–Crippen LogP) is 1.45. The largest absolute Gasteiger partial charge is 0.476 e. The normalized spacial score (nSPS) is 19.9. The van der Waals surface area contributed by atoms with E-state index in [1.807, 2.05) is 0 Å². The van der Waals surface area contributed by atoms with Crippen molar-refractivity contribution in [2.75, 3.05) is 12.4 Å². The average molecular weight is 240 g/mol. The SMILES string of the molecule is O=C(O)c1nccnc1SCC1CCCO1. The lowest BCUT2D eigenvalue weighted by Crippen LogP contribution is -2.10. The van der Waals surface area contributed by atoms with Crippen molar-refractivity contribution >= 4 is 17.7 Å². The molecule has 0 amide bonds. The number of aromatic carboxylic acids is 1. The molecule has 6 heteroatoms. The van der Waals surface area contributed by atoms with Gasteiger partial charge in [-0.25, -0.2) is 14.8 Å². The Morgan fingerprint density at radius 3 is 3.06 bits per heavy atom. The molecular formula is C10H12N2O3S. The first-order valence-corrected chi connectivity index (χ1v) is 6.04. The Kier molecular flexibility index (Phi) is 3.74. The molecule has 2 rings (SSSR count). The third-order valence-corrected chi connectivity index (χ3v) is 3.41. The van der Waals surface area contributed by atoms with Crippen molar-refractivity contribution in [1.29, 1.82) is 0 Å². The number of rotatable bonds is 4. The maximum atomic E-state index is 10.9. The summed E-state index contributed by atoms with van der Waals surface area (Å²) in [6.45, 7) is 0.803. The molecule has 1 aromatic heterocycles. The summed E-state index contributed by atoms with van der Waals surface area (Å²) in [7, 11) is 0. The Bertz CT molecular complexity index is 380. The van der Waals surface area contributed by atoms with Gasteiger partial charge in [-0.15, -0.1) is 11.8 Å². The number of hydrogen-bond donors (Lipinski definition) is 1. The van der Waals surface area contributed by atoms with E-state index in [0.29, 0.717) is 5.03 Å². The van der Waals surface area contributed by atoms with Gasteiger partial charge in [0, 0.05) is 24.8 Å². The molecule has 0 aromatic carbocycles. The molecular weight excluding hydrogens is 228 g/mol. The number of carboxylic acids is 1. The van der Waals surface area contributed by atoms with Crippen LogP contribution in [0, 0.1) is 0 Å². The Balaban J connectivity index is 2.00. The number of carbonyl (C=O) groups is 1. The summed E-state index contributed by atoms with van der Waals surface area (Å²) in [5.41, 5.74) is 0.0190. The fourth-order valence-corrected chi connectivity index (χ4v) is 2.54. The third-order valence-electron chi connectivity index (χ3n) is 2.30. The van der Waals surface area contributed by atoms with Gasteiger partial charge in [-0.1, -0.05) is 0 Å². The number of carboxylic acid groups (broad SMARTS) is 1. The van der Waals surface area contributed by atoms with E-state index < -0.39 is 5.97 Å². The lowest BCUT2D eigenvalue weighted by Gasteiger charge is -2.08. The van der Waals surface area contributed by atoms with Crippen LogP contribution < -0.4 is 0 Å². The van der Waals surface area contributed by atoms with Gasteiger partial charge in [-0.05, 0) is 12.8 Å². The highest BCUT2D eigenvalue weighted by atomic mass is 32.2. The minimum atomic E-state index is -1.04. The van der Waals surface area contributed by atoms with Crippen LogP contribution in [0.25, 0.3) is 0 Å². The van der Waals surface area contributed by atoms with Gasteiger partial charge in [0.2, 0.25) is 0 Å². The minimum absolute atomic E-state index is 0.0190.